The number of hydrogen-bond acceptors (Lipinski definition) is 2. The van der Waals surface area contributed by atoms with Crippen molar-refractivity contribution in [2.45, 2.75) is 0 Å². The minimum atomic E-state index is -0.109. The third-order valence-electron chi connectivity index (χ3n) is 2.22. The lowest BCUT2D eigenvalue weighted by Gasteiger charge is -2.06. The van der Waals surface area contributed by atoms with Crippen molar-refractivity contribution in [3.05, 3.63) is 52.9 Å². The number of aromatic amines is 1. The van der Waals surface area contributed by atoms with Crippen LogP contribution < -0.4 is 10.3 Å². The Kier molecular flexibility index (Phi) is 2.54. The first-order chi connectivity index (χ1) is 7.33. The van der Waals surface area contributed by atoms with Crippen LogP contribution in [0.1, 0.15) is 0 Å². The van der Waals surface area contributed by atoms with Crippen LogP contribution in [0.15, 0.2) is 47.4 Å². The van der Waals surface area contributed by atoms with E-state index in [1.54, 1.807) is 25.4 Å². The summed E-state index contributed by atoms with van der Waals surface area (Å²) in [4.78, 5) is 14.2. The summed E-state index contributed by atoms with van der Waals surface area (Å²) in [5, 5.41) is 0. The highest BCUT2D eigenvalue weighted by molar-refractivity contribution is 5.69. The Morgan fingerprint density at radius 1 is 1.07 bits per heavy atom. The Hall–Kier alpha value is -2.03. The zero-order chi connectivity index (χ0) is 10.7. The molecule has 0 saturated carbocycles. The van der Waals surface area contributed by atoms with Gasteiger partial charge in [0.15, 0.2) is 0 Å². The molecule has 0 amide bonds. The predicted molar refractivity (Wildman–Crippen MR) is 59.1 cm³/mol. The van der Waals surface area contributed by atoms with Crippen LogP contribution >= 0.6 is 0 Å². The van der Waals surface area contributed by atoms with Crippen molar-refractivity contribution in [2.24, 2.45) is 0 Å². The van der Waals surface area contributed by atoms with Crippen molar-refractivity contribution in [3.63, 3.8) is 0 Å². The first-order valence-electron chi connectivity index (χ1n) is 4.64. The lowest BCUT2D eigenvalue weighted by molar-refractivity contribution is 0.416. The molecule has 0 saturated heterocycles. The standard InChI is InChI=1S/C12H11NO2/c1-15-11-7-3-2-5-9(11)10-6-4-8-13-12(10)14/h2-8H,1H3,(H,13,14). The van der Waals surface area contributed by atoms with Gasteiger partial charge in [-0.1, -0.05) is 18.2 Å². The zero-order valence-electron chi connectivity index (χ0n) is 8.36. The topological polar surface area (TPSA) is 42.1 Å². The molecule has 2 aromatic rings. The first kappa shape index (κ1) is 9.52. The maximum Gasteiger partial charge on any atom is 0.255 e. The number of hydrogen-bond donors (Lipinski definition) is 1. The fourth-order valence-electron chi connectivity index (χ4n) is 1.50. The first-order valence-corrected chi connectivity index (χ1v) is 4.64. The Morgan fingerprint density at radius 3 is 2.53 bits per heavy atom. The van der Waals surface area contributed by atoms with Gasteiger partial charge in [0.1, 0.15) is 5.75 Å². The largest absolute Gasteiger partial charge is 0.496 e. The molecule has 2 rings (SSSR count). The van der Waals surface area contributed by atoms with E-state index in [0.717, 1.165) is 5.56 Å². The molecule has 1 aromatic heterocycles. The molecule has 1 aromatic carbocycles. The summed E-state index contributed by atoms with van der Waals surface area (Å²) < 4.78 is 5.20. The molecule has 0 spiro atoms. The quantitative estimate of drug-likeness (QED) is 0.808. The molecule has 0 bridgehead atoms. The Morgan fingerprint density at radius 2 is 1.80 bits per heavy atom. The normalized spacial score (nSPS) is 9.93. The lowest BCUT2D eigenvalue weighted by atomic mass is 10.1. The molecule has 1 N–H and O–H groups in total. The monoisotopic (exact) mass is 201 g/mol. The van der Waals surface area contributed by atoms with Crippen LogP contribution in [0.4, 0.5) is 0 Å². The number of para-hydroxylation sites is 1. The summed E-state index contributed by atoms with van der Waals surface area (Å²) in [5.41, 5.74) is 1.32. The van der Waals surface area contributed by atoms with Crippen molar-refractivity contribution < 1.29 is 4.74 Å². The number of methoxy groups -OCH3 is 1. The number of ether oxygens (including phenoxy) is 1. The highest BCUT2D eigenvalue weighted by Gasteiger charge is 2.07. The summed E-state index contributed by atoms with van der Waals surface area (Å²) in [5.74, 6) is 0.703. The number of benzene rings is 1. The number of nitrogens with one attached hydrogen (secondary N) is 1. The highest BCUT2D eigenvalue weighted by Crippen LogP contribution is 2.26. The molecule has 0 fully saturated rings. The van der Waals surface area contributed by atoms with E-state index in [-0.39, 0.29) is 5.56 Å². The van der Waals surface area contributed by atoms with Crippen LogP contribution in [-0.2, 0) is 0 Å². The molecule has 0 aliphatic heterocycles. The van der Waals surface area contributed by atoms with Gasteiger partial charge >= 0.3 is 0 Å². The van der Waals surface area contributed by atoms with E-state index in [4.69, 9.17) is 4.74 Å². The molecule has 15 heavy (non-hydrogen) atoms. The van der Waals surface area contributed by atoms with E-state index in [9.17, 15) is 4.79 Å². The van der Waals surface area contributed by atoms with Gasteiger partial charge < -0.3 is 9.72 Å². The number of aromatic nitrogens is 1. The van der Waals surface area contributed by atoms with Gasteiger partial charge in [0.2, 0.25) is 0 Å². The minimum Gasteiger partial charge on any atom is -0.496 e. The van der Waals surface area contributed by atoms with Gasteiger partial charge in [-0.2, -0.15) is 0 Å². The van der Waals surface area contributed by atoms with E-state index < -0.39 is 0 Å². The summed E-state index contributed by atoms with van der Waals surface area (Å²) in [6.07, 6.45) is 1.61. The SMILES string of the molecule is COc1ccccc1-c1ccc[nH]c1=O. The molecule has 0 unspecified atom stereocenters. The van der Waals surface area contributed by atoms with E-state index >= 15 is 0 Å². The van der Waals surface area contributed by atoms with Gasteiger partial charge in [-0.05, 0) is 18.2 Å². The molecule has 0 aliphatic rings. The van der Waals surface area contributed by atoms with E-state index in [0.29, 0.717) is 11.3 Å². The number of pyridine rings is 1. The third kappa shape index (κ3) is 1.76. The number of rotatable bonds is 2. The Balaban J connectivity index is 2.64. The molecular formula is C12H11NO2. The van der Waals surface area contributed by atoms with Crippen LogP contribution in [0.5, 0.6) is 5.75 Å². The molecule has 0 atom stereocenters. The van der Waals surface area contributed by atoms with Crippen LogP contribution in [0.2, 0.25) is 0 Å². The zero-order valence-corrected chi connectivity index (χ0v) is 8.36. The van der Waals surface area contributed by atoms with Gasteiger partial charge in [0.25, 0.3) is 5.56 Å². The van der Waals surface area contributed by atoms with E-state index in [1.807, 2.05) is 24.3 Å². The molecule has 1 heterocycles. The van der Waals surface area contributed by atoms with Crippen molar-refractivity contribution in [1.29, 1.82) is 0 Å². The minimum absolute atomic E-state index is 0.109. The Bertz CT molecular complexity index is 517. The average molecular weight is 201 g/mol. The maximum absolute atomic E-state index is 11.6. The molecule has 3 heteroatoms. The van der Waals surface area contributed by atoms with E-state index in [2.05, 4.69) is 4.98 Å². The van der Waals surface area contributed by atoms with Crippen LogP contribution in [0.25, 0.3) is 11.1 Å². The summed E-state index contributed by atoms with van der Waals surface area (Å²) in [7, 11) is 1.59. The van der Waals surface area contributed by atoms with Crippen LogP contribution in [-0.4, -0.2) is 12.1 Å². The third-order valence-corrected chi connectivity index (χ3v) is 2.22. The van der Waals surface area contributed by atoms with Gasteiger partial charge in [0, 0.05) is 11.8 Å². The molecular weight excluding hydrogens is 190 g/mol. The van der Waals surface area contributed by atoms with Crippen LogP contribution in [0, 0.1) is 0 Å². The molecule has 3 nitrogen and oxygen atoms in total. The van der Waals surface area contributed by atoms with Gasteiger partial charge in [-0.3, -0.25) is 4.79 Å². The second-order valence-corrected chi connectivity index (χ2v) is 3.11. The highest BCUT2D eigenvalue weighted by atomic mass is 16.5. The molecule has 76 valence electrons. The smallest absolute Gasteiger partial charge is 0.255 e. The lowest BCUT2D eigenvalue weighted by Crippen LogP contribution is -2.07. The second-order valence-electron chi connectivity index (χ2n) is 3.11. The fourth-order valence-corrected chi connectivity index (χ4v) is 1.50. The van der Waals surface area contributed by atoms with Gasteiger partial charge in [-0.25, -0.2) is 0 Å². The summed E-state index contributed by atoms with van der Waals surface area (Å²) in [6, 6.07) is 11.0. The van der Waals surface area contributed by atoms with Crippen molar-refractivity contribution in [3.8, 4) is 16.9 Å². The Labute approximate surface area is 87.3 Å². The van der Waals surface area contributed by atoms with Crippen LogP contribution in [0.3, 0.4) is 0 Å². The molecule has 0 aliphatic carbocycles. The second kappa shape index (κ2) is 4.00. The average Bonchev–Trinajstić information content (AvgIpc) is 2.30. The summed E-state index contributed by atoms with van der Waals surface area (Å²) >= 11 is 0. The predicted octanol–water partition coefficient (Wildman–Crippen LogP) is 2.05. The van der Waals surface area contributed by atoms with E-state index in [1.165, 1.54) is 0 Å². The molecule has 0 radical (unpaired) electrons. The maximum atomic E-state index is 11.6. The number of H-pyrrole nitrogens is 1. The fraction of sp³-hybridized carbons (Fsp3) is 0.0833. The van der Waals surface area contributed by atoms with Gasteiger partial charge in [-0.15, -0.1) is 0 Å². The van der Waals surface area contributed by atoms with Crippen molar-refractivity contribution in [2.75, 3.05) is 7.11 Å². The van der Waals surface area contributed by atoms with Gasteiger partial charge in [0.05, 0.1) is 12.7 Å². The van der Waals surface area contributed by atoms with Crippen molar-refractivity contribution in [1.82, 2.24) is 4.98 Å². The van der Waals surface area contributed by atoms with Crippen molar-refractivity contribution >= 4 is 0 Å². The summed E-state index contributed by atoms with van der Waals surface area (Å²) in [6.45, 7) is 0.